The van der Waals surface area contributed by atoms with E-state index in [1.165, 1.54) is 0 Å². The van der Waals surface area contributed by atoms with Crippen molar-refractivity contribution in [1.82, 2.24) is 4.90 Å². The molecule has 0 bridgehead atoms. The molecule has 0 radical (unpaired) electrons. The average molecular weight is 319 g/mol. The van der Waals surface area contributed by atoms with Crippen molar-refractivity contribution in [2.75, 3.05) is 13.1 Å². The van der Waals surface area contributed by atoms with E-state index in [0.29, 0.717) is 4.90 Å². The normalized spacial score (nSPS) is 10.2. The Bertz CT molecular complexity index is 246. The first kappa shape index (κ1) is 28.4. The van der Waals surface area contributed by atoms with Crippen molar-refractivity contribution in [3.05, 3.63) is 0 Å². The van der Waals surface area contributed by atoms with Crippen LogP contribution in [0.4, 0.5) is 0 Å². The van der Waals surface area contributed by atoms with Crippen LogP contribution >= 0.6 is 0 Å². The molecule has 0 unspecified atom stereocenters. The van der Waals surface area contributed by atoms with E-state index in [4.69, 9.17) is 0 Å². The zero-order valence-corrected chi connectivity index (χ0v) is 19.8. The third-order valence-electron chi connectivity index (χ3n) is 1.55. The summed E-state index contributed by atoms with van der Waals surface area (Å²) in [5, 5.41) is 30.6. The number of carboxylic acid groups (broad SMARTS) is 3. The van der Waals surface area contributed by atoms with Crippen molar-refractivity contribution in [2.45, 2.75) is 13.0 Å². The fraction of sp³-hybridized carbons (Fsp3) is 0.571. The molecule has 0 aliphatic carbocycles. The summed E-state index contributed by atoms with van der Waals surface area (Å²) in [6.45, 7) is -0.493. The molecule has 0 N–H and O–H groups in total. The molecule has 1 atom stereocenters. The minimum Gasteiger partial charge on any atom is -0.549 e. The Morgan fingerprint density at radius 3 is 1.41 bits per heavy atom. The number of hydrogen-bond donors (Lipinski definition) is 0. The van der Waals surface area contributed by atoms with Gasteiger partial charge in [-0.2, -0.15) is 0 Å². The smallest absolute Gasteiger partial charge is 0.549 e. The fourth-order valence-electron chi connectivity index (χ4n) is 0.810. The molecule has 0 fully saturated rings. The molecule has 0 aliphatic rings. The van der Waals surface area contributed by atoms with E-state index in [-0.39, 0.29) is 154 Å². The topological polar surface area (TPSA) is 124 Å². The number of nitrogens with zero attached hydrogens (tertiary/aromatic N) is 1. The van der Waals surface area contributed by atoms with E-state index in [1.807, 2.05) is 0 Å². The van der Waals surface area contributed by atoms with Gasteiger partial charge in [-0.3, -0.25) is 4.90 Å². The van der Waals surface area contributed by atoms with Crippen LogP contribution in [0.1, 0.15) is 6.92 Å². The van der Waals surface area contributed by atoms with Crippen molar-refractivity contribution in [1.29, 1.82) is 0 Å². The summed E-state index contributed by atoms with van der Waals surface area (Å²) in [5.41, 5.74) is 0. The van der Waals surface area contributed by atoms with Gasteiger partial charge in [-0.05, 0) is 6.92 Å². The van der Waals surface area contributed by atoms with E-state index in [1.54, 1.807) is 0 Å². The summed E-state index contributed by atoms with van der Waals surface area (Å²) in [6.07, 6.45) is 0. The molecule has 0 saturated heterocycles. The summed E-state index contributed by atoms with van der Waals surface area (Å²) >= 11 is 0. The monoisotopic (exact) mass is 319 g/mol. The van der Waals surface area contributed by atoms with Crippen molar-refractivity contribution >= 4 is 17.9 Å². The van der Waals surface area contributed by atoms with E-state index in [0.717, 1.165) is 6.92 Å². The number of rotatable bonds is 6. The summed E-state index contributed by atoms with van der Waals surface area (Å²) in [5.74, 6) is -4.70. The zero-order valence-electron chi connectivity index (χ0n) is 10.4. The minimum atomic E-state index is -1.57. The van der Waals surface area contributed by atoms with E-state index in [9.17, 15) is 29.7 Å². The number of carboxylic acids is 3. The molecule has 7 nitrogen and oxygen atoms in total. The van der Waals surface area contributed by atoms with E-state index < -0.39 is 37.0 Å². The summed E-state index contributed by atoms with van der Waals surface area (Å²) in [4.78, 5) is 31.3. The molecular weight excluding hydrogens is 311 g/mol. The SMILES string of the molecule is C[C@@H](C(=O)[O-])N(CC(=O)[O-])CC(=O)[O-].[K+].[K+].[K+]. The molecular formula is C7H8K3NO6. The summed E-state index contributed by atoms with van der Waals surface area (Å²) in [6, 6.07) is -1.33. The third-order valence-corrected chi connectivity index (χ3v) is 1.55. The minimum absolute atomic E-state index is 0. The van der Waals surface area contributed by atoms with Crippen molar-refractivity contribution in [2.24, 2.45) is 0 Å². The molecule has 0 rings (SSSR count). The van der Waals surface area contributed by atoms with Crippen LogP contribution in [0.2, 0.25) is 0 Å². The van der Waals surface area contributed by atoms with Gasteiger partial charge < -0.3 is 29.7 Å². The molecule has 0 aromatic carbocycles. The Balaban J connectivity index is -0.000000282. The molecule has 10 heteroatoms. The van der Waals surface area contributed by atoms with Crippen LogP contribution in [0, 0.1) is 0 Å². The van der Waals surface area contributed by atoms with Gasteiger partial charge in [0.15, 0.2) is 0 Å². The zero-order chi connectivity index (χ0) is 11.3. The Labute approximate surface area is 226 Å². The van der Waals surface area contributed by atoms with Crippen LogP contribution in [0.15, 0.2) is 0 Å². The second-order valence-corrected chi connectivity index (χ2v) is 2.64. The van der Waals surface area contributed by atoms with Crippen molar-refractivity contribution in [3.8, 4) is 0 Å². The quantitative estimate of drug-likeness (QED) is 0.445. The van der Waals surface area contributed by atoms with Crippen LogP contribution in [0.25, 0.3) is 0 Å². The fourth-order valence-corrected chi connectivity index (χ4v) is 0.810. The Hall–Kier alpha value is 3.28. The molecule has 0 saturated carbocycles. The third kappa shape index (κ3) is 15.5. The molecule has 0 aliphatic heterocycles. The van der Waals surface area contributed by atoms with Gasteiger partial charge in [0.05, 0.1) is 17.9 Å². The van der Waals surface area contributed by atoms with Gasteiger partial charge in [0.1, 0.15) is 0 Å². The average Bonchev–Trinajstić information content (AvgIpc) is 1.99. The molecule has 0 heterocycles. The number of hydrogen-bond acceptors (Lipinski definition) is 7. The largest absolute Gasteiger partial charge is 1.00 e. The Kier molecular flexibility index (Phi) is 26.2. The van der Waals surface area contributed by atoms with Gasteiger partial charge in [0.25, 0.3) is 0 Å². The van der Waals surface area contributed by atoms with Crippen LogP contribution in [-0.2, 0) is 14.4 Å². The van der Waals surface area contributed by atoms with Gasteiger partial charge in [-0.1, -0.05) is 0 Å². The second-order valence-electron chi connectivity index (χ2n) is 2.64. The predicted molar refractivity (Wildman–Crippen MR) is 36.1 cm³/mol. The van der Waals surface area contributed by atoms with E-state index in [2.05, 4.69) is 0 Å². The second kappa shape index (κ2) is 15.7. The molecule has 0 spiro atoms. The molecule has 0 amide bonds. The van der Waals surface area contributed by atoms with Gasteiger partial charge in [0, 0.05) is 19.1 Å². The summed E-state index contributed by atoms with van der Waals surface area (Å²) in [7, 11) is 0. The van der Waals surface area contributed by atoms with E-state index >= 15 is 0 Å². The maximum Gasteiger partial charge on any atom is 1.00 e. The van der Waals surface area contributed by atoms with Crippen LogP contribution in [0.5, 0.6) is 0 Å². The van der Waals surface area contributed by atoms with Gasteiger partial charge >= 0.3 is 154 Å². The molecule has 0 aromatic heterocycles. The van der Waals surface area contributed by atoms with Crippen LogP contribution in [-0.4, -0.2) is 41.9 Å². The first-order valence-corrected chi connectivity index (χ1v) is 3.69. The molecule has 17 heavy (non-hydrogen) atoms. The number of aliphatic carboxylic acids is 3. The molecule has 0 aromatic rings. The van der Waals surface area contributed by atoms with Crippen molar-refractivity contribution < 1.29 is 184 Å². The molecule has 80 valence electrons. The maximum absolute atomic E-state index is 10.3. The Morgan fingerprint density at radius 1 is 0.941 bits per heavy atom. The number of carbonyl (C=O) groups is 3. The van der Waals surface area contributed by atoms with Crippen LogP contribution in [0.3, 0.4) is 0 Å². The van der Waals surface area contributed by atoms with Gasteiger partial charge in [-0.15, -0.1) is 0 Å². The predicted octanol–water partition coefficient (Wildman–Crippen LogP) is -14.1. The first-order valence-electron chi connectivity index (χ1n) is 3.69. The standard InChI is InChI=1S/C7H11NO6.3K/c1-4(7(13)14)8(2-5(9)10)3-6(11)12;;;/h4H,2-3H2,1H3,(H,9,10)(H,11,12)(H,13,14);;;/q;3*+1/p-3/t4-;;;/m0.../s1. The van der Waals surface area contributed by atoms with Gasteiger partial charge in [0.2, 0.25) is 0 Å². The Morgan fingerprint density at radius 2 is 1.24 bits per heavy atom. The van der Waals surface area contributed by atoms with Gasteiger partial charge in [-0.25, -0.2) is 0 Å². The van der Waals surface area contributed by atoms with Crippen LogP contribution < -0.4 is 169 Å². The first-order chi connectivity index (χ1) is 6.34. The van der Waals surface area contributed by atoms with Crippen molar-refractivity contribution in [3.63, 3.8) is 0 Å². The summed E-state index contributed by atoms with van der Waals surface area (Å²) < 4.78 is 0. The maximum atomic E-state index is 10.3. The number of carbonyl (C=O) groups excluding carboxylic acids is 3.